The first kappa shape index (κ1) is 24.7. The van der Waals surface area contributed by atoms with Gasteiger partial charge in [0.05, 0.1) is 13.2 Å². The summed E-state index contributed by atoms with van der Waals surface area (Å²) in [5, 5.41) is 3.05. The Kier molecular flexibility index (Phi) is 6.31. The summed E-state index contributed by atoms with van der Waals surface area (Å²) in [6, 6.07) is 22.9. The van der Waals surface area contributed by atoms with E-state index in [0.29, 0.717) is 18.8 Å². The van der Waals surface area contributed by atoms with Crippen LogP contribution in [0.2, 0.25) is 0 Å². The molecule has 7 nitrogen and oxygen atoms in total. The van der Waals surface area contributed by atoms with Gasteiger partial charge in [-0.1, -0.05) is 48.5 Å². The molecular weight excluding hydrogens is 468 g/mol. The van der Waals surface area contributed by atoms with Crippen molar-refractivity contribution < 1.29 is 23.8 Å². The first-order valence-corrected chi connectivity index (χ1v) is 12.4. The van der Waals surface area contributed by atoms with E-state index >= 15 is 0 Å². The third kappa shape index (κ3) is 4.73. The summed E-state index contributed by atoms with van der Waals surface area (Å²) in [5.41, 5.74) is 2.18. The SMILES string of the molecule is COc1ccc(CC2N(C(=O)OC(C)(C)C)CC23C(=O)Nc2cc(OCc4ccccc4)ccc23)cc1. The number of nitrogens with zero attached hydrogens (tertiary/aromatic N) is 1. The average Bonchev–Trinajstić information content (AvgIpc) is 3.17. The van der Waals surface area contributed by atoms with Crippen molar-refractivity contribution in [3.63, 3.8) is 0 Å². The van der Waals surface area contributed by atoms with Gasteiger partial charge in [-0.3, -0.25) is 4.79 Å². The van der Waals surface area contributed by atoms with Crippen molar-refractivity contribution in [2.24, 2.45) is 0 Å². The molecule has 2 unspecified atom stereocenters. The van der Waals surface area contributed by atoms with E-state index in [4.69, 9.17) is 14.2 Å². The van der Waals surface area contributed by atoms with Gasteiger partial charge in [-0.2, -0.15) is 0 Å². The zero-order valence-electron chi connectivity index (χ0n) is 21.6. The van der Waals surface area contributed by atoms with Crippen LogP contribution >= 0.6 is 0 Å². The standard InChI is InChI=1S/C30H32N2O5/c1-29(2,3)37-28(34)32-19-30(26(32)16-20-10-12-22(35-4)13-11-20)24-15-14-23(17-25(24)31-27(30)33)36-18-21-8-6-5-7-9-21/h5-15,17,26H,16,18-19H2,1-4H3,(H,31,33). The predicted octanol–water partition coefficient (Wildman–Crippen LogP) is 5.33. The molecular formula is C30H32N2O5. The number of amides is 2. The number of carbonyl (C=O) groups excluding carboxylic acids is 2. The fourth-order valence-electron chi connectivity index (χ4n) is 5.11. The van der Waals surface area contributed by atoms with Crippen LogP contribution in [0.3, 0.4) is 0 Å². The average molecular weight is 501 g/mol. The van der Waals surface area contributed by atoms with Crippen molar-refractivity contribution in [1.29, 1.82) is 0 Å². The van der Waals surface area contributed by atoms with E-state index in [1.54, 1.807) is 12.0 Å². The molecule has 2 heterocycles. The number of hydrogen-bond acceptors (Lipinski definition) is 5. The van der Waals surface area contributed by atoms with Crippen molar-refractivity contribution in [3.8, 4) is 11.5 Å². The van der Waals surface area contributed by atoms with Gasteiger partial charge >= 0.3 is 6.09 Å². The quantitative estimate of drug-likeness (QED) is 0.495. The largest absolute Gasteiger partial charge is 0.497 e. The molecule has 37 heavy (non-hydrogen) atoms. The maximum absolute atomic E-state index is 13.5. The van der Waals surface area contributed by atoms with Gasteiger partial charge in [0, 0.05) is 18.3 Å². The highest BCUT2D eigenvalue weighted by atomic mass is 16.6. The molecule has 2 atom stereocenters. The third-order valence-electron chi connectivity index (χ3n) is 6.95. The summed E-state index contributed by atoms with van der Waals surface area (Å²) in [5.74, 6) is 1.32. The molecule has 0 aliphatic carbocycles. The van der Waals surface area contributed by atoms with Crippen molar-refractivity contribution in [2.75, 3.05) is 19.0 Å². The monoisotopic (exact) mass is 500 g/mol. The molecule has 0 aromatic heterocycles. The minimum absolute atomic E-state index is 0.110. The summed E-state index contributed by atoms with van der Waals surface area (Å²) in [6.45, 7) is 6.21. The molecule has 3 aromatic carbocycles. The number of likely N-dealkylation sites (tertiary alicyclic amines) is 1. The lowest BCUT2D eigenvalue weighted by atomic mass is 9.65. The number of hydrogen-bond donors (Lipinski definition) is 1. The van der Waals surface area contributed by atoms with Gasteiger partial charge in [-0.15, -0.1) is 0 Å². The molecule has 0 bridgehead atoms. The van der Waals surface area contributed by atoms with E-state index < -0.39 is 23.2 Å². The molecule has 5 rings (SSSR count). The first-order chi connectivity index (χ1) is 17.7. The molecule has 0 radical (unpaired) electrons. The lowest BCUT2D eigenvalue weighted by Gasteiger charge is -2.54. The molecule has 0 saturated carbocycles. The number of fused-ring (bicyclic) bond motifs is 2. The lowest BCUT2D eigenvalue weighted by Crippen LogP contribution is -2.72. The maximum atomic E-state index is 13.5. The number of methoxy groups -OCH3 is 1. The Morgan fingerprint density at radius 1 is 1.00 bits per heavy atom. The van der Waals surface area contributed by atoms with E-state index in [-0.39, 0.29) is 12.5 Å². The van der Waals surface area contributed by atoms with Crippen LogP contribution in [-0.4, -0.2) is 42.2 Å². The molecule has 3 aromatic rings. The molecule has 1 saturated heterocycles. The van der Waals surface area contributed by atoms with Crippen LogP contribution in [-0.2, 0) is 28.0 Å². The minimum atomic E-state index is -0.857. The maximum Gasteiger partial charge on any atom is 0.410 e. The highest BCUT2D eigenvalue weighted by molar-refractivity contribution is 6.09. The normalized spacial score (nSPS) is 20.2. The van der Waals surface area contributed by atoms with E-state index in [1.807, 2.05) is 93.6 Å². The Balaban J connectivity index is 1.43. The van der Waals surface area contributed by atoms with Crippen LogP contribution in [0.15, 0.2) is 72.8 Å². The number of nitrogens with one attached hydrogen (secondary N) is 1. The Bertz CT molecular complexity index is 1300. The number of anilines is 1. The van der Waals surface area contributed by atoms with E-state index in [9.17, 15) is 9.59 Å². The smallest absolute Gasteiger partial charge is 0.410 e. The van der Waals surface area contributed by atoms with Gasteiger partial charge in [0.25, 0.3) is 0 Å². The zero-order chi connectivity index (χ0) is 26.2. The van der Waals surface area contributed by atoms with E-state index in [0.717, 1.165) is 28.1 Å². The fourth-order valence-corrected chi connectivity index (χ4v) is 5.11. The second-order valence-electron chi connectivity index (χ2n) is 10.6. The topological polar surface area (TPSA) is 77.1 Å². The Hall–Kier alpha value is -4.00. The van der Waals surface area contributed by atoms with Gasteiger partial charge in [0.1, 0.15) is 29.1 Å². The summed E-state index contributed by atoms with van der Waals surface area (Å²) in [4.78, 5) is 28.3. The molecule has 2 aliphatic rings. The lowest BCUT2D eigenvalue weighted by molar-refractivity contribution is -0.131. The Morgan fingerprint density at radius 3 is 2.38 bits per heavy atom. The van der Waals surface area contributed by atoms with Crippen LogP contribution in [0.1, 0.15) is 37.5 Å². The Labute approximate surface area is 217 Å². The molecule has 2 aliphatic heterocycles. The van der Waals surface area contributed by atoms with Crippen LogP contribution in [0.25, 0.3) is 0 Å². The summed E-state index contributed by atoms with van der Waals surface area (Å²) in [7, 11) is 1.62. The number of benzene rings is 3. The summed E-state index contributed by atoms with van der Waals surface area (Å²) in [6.07, 6.45) is 0.0863. The predicted molar refractivity (Wildman–Crippen MR) is 141 cm³/mol. The highest BCUT2D eigenvalue weighted by Crippen LogP contribution is 2.51. The molecule has 2 amide bonds. The second kappa shape index (κ2) is 9.47. The van der Waals surface area contributed by atoms with Crippen molar-refractivity contribution in [3.05, 3.63) is 89.5 Å². The van der Waals surface area contributed by atoms with Crippen LogP contribution in [0.4, 0.5) is 10.5 Å². The van der Waals surface area contributed by atoms with Gasteiger partial charge < -0.3 is 24.4 Å². The fraction of sp³-hybridized carbons (Fsp3) is 0.333. The zero-order valence-corrected chi connectivity index (χ0v) is 21.6. The van der Waals surface area contributed by atoms with Gasteiger partial charge in [0.15, 0.2) is 0 Å². The van der Waals surface area contributed by atoms with Gasteiger partial charge in [0.2, 0.25) is 5.91 Å². The van der Waals surface area contributed by atoms with Gasteiger partial charge in [-0.05, 0) is 62.1 Å². The van der Waals surface area contributed by atoms with Crippen molar-refractivity contribution >= 4 is 17.7 Å². The molecule has 1 N–H and O–H groups in total. The third-order valence-corrected chi connectivity index (χ3v) is 6.95. The molecule has 1 fully saturated rings. The van der Waals surface area contributed by atoms with E-state index in [1.165, 1.54) is 0 Å². The Morgan fingerprint density at radius 2 is 1.70 bits per heavy atom. The van der Waals surface area contributed by atoms with Crippen LogP contribution < -0.4 is 14.8 Å². The highest BCUT2D eigenvalue weighted by Gasteiger charge is 2.64. The number of rotatable bonds is 6. The van der Waals surface area contributed by atoms with Crippen LogP contribution in [0.5, 0.6) is 11.5 Å². The van der Waals surface area contributed by atoms with Crippen molar-refractivity contribution in [1.82, 2.24) is 4.90 Å². The first-order valence-electron chi connectivity index (χ1n) is 12.4. The van der Waals surface area contributed by atoms with Crippen molar-refractivity contribution in [2.45, 2.75) is 50.9 Å². The number of ether oxygens (including phenoxy) is 3. The summed E-state index contributed by atoms with van der Waals surface area (Å²) >= 11 is 0. The second-order valence-corrected chi connectivity index (χ2v) is 10.6. The van der Waals surface area contributed by atoms with Crippen LogP contribution in [0, 0.1) is 0 Å². The number of carbonyl (C=O) groups is 2. The van der Waals surface area contributed by atoms with Gasteiger partial charge in [-0.25, -0.2) is 4.79 Å². The molecule has 1 spiro atoms. The van der Waals surface area contributed by atoms with E-state index in [2.05, 4.69) is 5.32 Å². The molecule has 7 heteroatoms. The molecule has 192 valence electrons. The summed E-state index contributed by atoms with van der Waals surface area (Å²) < 4.78 is 16.9. The minimum Gasteiger partial charge on any atom is -0.497 e.